The molecule has 1 heterocycles. The van der Waals surface area contributed by atoms with Crippen molar-refractivity contribution in [3.63, 3.8) is 0 Å². The van der Waals surface area contributed by atoms with E-state index in [4.69, 9.17) is 10.5 Å². The van der Waals surface area contributed by atoms with Crippen LogP contribution in [0.2, 0.25) is 0 Å². The van der Waals surface area contributed by atoms with E-state index in [-0.39, 0.29) is 0 Å². The van der Waals surface area contributed by atoms with Gasteiger partial charge in [-0.3, -0.25) is 9.59 Å². The zero-order chi connectivity index (χ0) is 20.1. The lowest BCUT2D eigenvalue weighted by molar-refractivity contribution is -0.123. The molecule has 2 aromatic carbocycles. The predicted octanol–water partition coefficient (Wildman–Crippen LogP) is 2.76. The molecule has 0 spiro atoms. The molecule has 0 unspecified atom stereocenters. The van der Waals surface area contributed by atoms with Gasteiger partial charge in [-0.2, -0.15) is 0 Å². The quantitative estimate of drug-likeness (QED) is 0.645. The number of aromatic nitrogens is 1. The van der Waals surface area contributed by atoms with Gasteiger partial charge in [0.15, 0.2) is 6.10 Å². The monoisotopic (exact) mass is 377 g/mol. The minimum absolute atomic E-state index is 0.333. The SMILES string of the molecule is C[C@H](OC(=O)c1cccc(-n2cccc2)c1)C(=O)Nc1ccc(C(N)=O)cc1. The molecule has 0 aliphatic carbocycles. The summed E-state index contributed by atoms with van der Waals surface area (Å²) in [5.74, 6) is -1.63. The lowest BCUT2D eigenvalue weighted by Gasteiger charge is -2.14. The predicted molar refractivity (Wildman–Crippen MR) is 104 cm³/mol. The van der Waals surface area contributed by atoms with E-state index in [2.05, 4.69) is 5.32 Å². The molecule has 0 radical (unpaired) electrons. The molecule has 7 nitrogen and oxygen atoms in total. The lowest BCUT2D eigenvalue weighted by Crippen LogP contribution is -2.30. The van der Waals surface area contributed by atoms with E-state index < -0.39 is 23.9 Å². The van der Waals surface area contributed by atoms with Crippen molar-refractivity contribution in [2.24, 2.45) is 5.73 Å². The molecule has 0 saturated heterocycles. The highest BCUT2D eigenvalue weighted by Crippen LogP contribution is 2.14. The lowest BCUT2D eigenvalue weighted by atomic mass is 10.2. The largest absolute Gasteiger partial charge is 0.449 e. The maximum Gasteiger partial charge on any atom is 0.338 e. The fraction of sp³-hybridized carbons (Fsp3) is 0.0952. The van der Waals surface area contributed by atoms with Crippen molar-refractivity contribution in [2.45, 2.75) is 13.0 Å². The van der Waals surface area contributed by atoms with Crippen molar-refractivity contribution in [1.82, 2.24) is 4.57 Å². The normalized spacial score (nSPS) is 11.5. The zero-order valence-electron chi connectivity index (χ0n) is 15.2. The van der Waals surface area contributed by atoms with Crippen molar-refractivity contribution < 1.29 is 19.1 Å². The van der Waals surface area contributed by atoms with Crippen molar-refractivity contribution in [1.29, 1.82) is 0 Å². The summed E-state index contributed by atoms with van der Waals surface area (Å²) in [7, 11) is 0. The Morgan fingerprint density at radius 3 is 2.29 bits per heavy atom. The van der Waals surface area contributed by atoms with Crippen molar-refractivity contribution in [3.8, 4) is 5.69 Å². The van der Waals surface area contributed by atoms with Gasteiger partial charge < -0.3 is 20.4 Å². The van der Waals surface area contributed by atoms with E-state index >= 15 is 0 Å². The Morgan fingerprint density at radius 2 is 1.64 bits per heavy atom. The highest BCUT2D eigenvalue weighted by atomic mass is 16.5. The van der Waals surface area contributed by atoms with Crippen LogP contribution in [-0.4, -0.2) is 28.5 Å². The number of hydrogen-bond donors (Lipinski definition) is 2. The zero-order valence-corrected chi connectivity index (χ0v) is 15.2. The Balaban J connectivity index is 1.63. The van der Waals surface area contributed by atoms with Crippen LogP contribution in [0.5, 0.6) is 0 Å². The molecule has 3 N–H and O–H groups in total. The Hall–Kier alpha value is -3.87. The standard InChI is InChI=1S/C21H19N3O4/c1-14(20(26)23-17-9-7-15(8-10-17)19(22)25)28-21(27)16-5-4-6-18(13-16)24-11-2-3-12-24/h2-14H,1H3,(H2,22,25)(H,23,26)/t14-/m0/s1. The molecule has 3 aromatic rings. The van der Waals surface area contributed by atoms with Gasteiger partial charge in [-0.25, -0.2) is 4.79 Å². The Labute approximate surface area is 161 Å². The highest BCUT2D eigenvalue weighted by molar-refractivity contribution is 5.98. The number of benzene rings is 2. The number of nitrogens with two attached hydrogens (primary N) is 1. The number of nitrogens with zero attached hydrogens (tertiary/aromatic N) is 1. The fourth-order valence-electron chi connectivity index (χ4n) is 2.54. The number of primary amides is 1. The van der Waals surface area contributed by atoms with E-state index in [0.29, 0.717) is 16.8 Å². The molecule has 28 heavy (non-hydrogen) atoms. The minimum Gasteiger partial charge on any atom is -0.449 e. The second kappa shape index (κ2) is 8.22. The van der Waals surface area contributed by atoms with Crippen LogP contribution in [0.3, 0.4) is 0 Å². The van der Waals surface area contributed by atoms with E-state index in [9.17, 15) is 14.4 Å². The number of nitrogens with one attached hydrogen (secondary N) is 1. The summed E-state index contributed by atoms with van der Waals surface area (Å²) in [6.45, 7) is 1.49. The van der Waals surface area contributed by atoms with Crippen molar-refractivity contribution in [3.05, 3.63) is 84.2 Å². The maximum atomic E-state index is 12.4. The fourth-order valence-corrected chi connectivity index (χ4v) is 2.54. The average Bonchev–Trinajstić information content (AvgIpc) is 3.23. The number of carbonyl (C=O) groups excluding carboxylic acids is 3. The van der Waals surface area contributed by atoms with Crippen LogP contribution < -0.4 is 11.1 Å². The molecular formula is C21H19N3O4. The molecule has 2 amide bonds. The summed E-state index contributed by atoms with van der Waals surface area (Å²) in [5, 5.41) is 2.63. The second-order valence-corrected chi connectivity index (χ2v) is 6.12. The molecule has 1 atom stereocenters. The Morgan fingerprint density at radius 1 is 0.964 bits per heavy atom. The smallest absolute Gasteiger partial charge is 0.338 e. The third-order valence-electron chi connectivity index (χ3n) is 4.07. The first kappa shape index (κ1) is 18.9. The molecular weight excluding hydrogens is 358 g/mol. The van der Waals surface area contributed by atoms with E-state index in [0.717, 1.165) is 5.69 Å². The average molecular weight is 377 g/mol. The van der Waals surface area contributed by atoms with Gasteiger partial charge in [0, 0.05) is 29.3 Å². The van der Waals surface area contributed by atoms with Crippen molar-refractivity contribution >= 4 is 23.5 Å². The van der Waals surface area contributed by atoms with Gasteiger partial charge >= 0.3 is 5.97 Å². The van der Waals surface area contributed by atoms with Crippen LogP contribution in [-0.2, 0) is 9.53 Å². The Kier molecular flexibility index (Phi) is 5.55. The number of anilines is 1. The minimum atomic E-state index is -1.00. The molecule has 0 aliphatic heterocycles. The van der Waals surface area contributed by atoms with Gasteiger partial charge in [-0.15, -0.1) is 0 Å². The van der Waals surface area contributed by atoms with Gasteiger partial charge in [0.1, 0.15) is 0 Å². The number of amides is 2. The topological polar surface area (TPSA) is 103 Å². The maximum absolute atomic E-state index is 12.4. The number of hydrogen-bond acceptors (Lipinski definition) is 4. The molecule has 0 aliphatic rings. The van der Waals surface area contributed by atoms with E-state index in [1.165, 1.54) is 19.1 Å². The summed E-state index contributed by atoms with van der Waals surface area (Å²) >= 11 is 0. The molecule has 0 saturated carbocycles. The third kappa shape index (κ3) is 4.45. The molecule has 142 valence electrons. The summed E-state index contributed by atoms with van der Waals surface area (Å²) in [6, 6.07) is 16.8. The van der Waals surface area contributed by atoms with Gasteiger partial charge in [0.25, 0.3) is 5.91 Å². The third-order valence-corrected chi connectivity index (χ3v) is 4.07. The summed E-state index contributed by atoms with van der Waals surface area (Å²) in [5.41, 5.74) is 7.13. The number of rotatable bonds is 6. The molecule has 1 aromatic heterocycles. The number of ether oxygens (including phenoxy) is 1. The van der Waals surface area contributed by atoms with Crippen LogP contribution >= 0.6 is 0 Å². The van der Waals surface area contributed by atoms with Crippen molar-refractivity contribution in [2.75, 3.05) is 5.32 Å². The molecule has 7 heteroatoms. The highest BCUT2D eigenvalue weighted by Gasteiger charge is 2.19. The van der Waals surface area contributed by atoms with Crippen LogP contribution in [0.25, 0.3) is 5.69 Å². The molecule has 0 bridgehead atoms. The first-order valence-corrected chi connectivity index (χ1v) is 8.59. The van der Waals surface area contributed by atoms with Crippen LogP contribution in [0.4, 0.5) is 5.69 Å². The van der Waals surface area contributed by atoms with Crippen LogP contribution in [0.1, 0.15) is 27.6 Å². The first-order chi connectivity index (χ1) is 13.4. The summed E-state index contributed by atoms with van der Waals surface area (Å²) in [4.78, 5) is 35.7. The van der Waals surface area contributed by atoms with Gasteiger partial charge in [0.2, 0.25) is 5.91 Å². The Bertz CT molecular complexity index is 995. The van der Waals surface area contributed by atoms with Crippen LogP contribution in [0.15, 0.2) is 73.1 Å². The van der Waals surface area contributed by atoms with Gasteiger partial charge in [-0.1, -0.05) is 6.07 Å². The number of esters is 1. The molecule has 3 rings (SSSR count). The number of carbonyl (C=O) groups is 3. The summed E-state index contributed by atoms with van der Waals surface area (Å²) in [6.07, 6.45) is 2.73. The summed E-state index contributed by atoms with van der Waals surface area (Å²) < 4.78 is 7.13. The van der Waals surface area contributed by atoms with E-state index in [1.54, 1.807) is 30.3 Å². The first-order valence-electron chi connectivity index (χ1n) is 8.59. The van der Waals surface area contributed by atoms with Gasteiger partial charge in [-0.05, 0) is 61.5 Å². The van der Waals surface area contributed by atoms with Crippen LogP contribution in [0, 0.1) is 0 Å². The van der Waals surface area contributed by atoms with Gasteiger partial charge in [0.05, 0.1) is 5.56 Å². The second-order valence-electron chi connectivity index (χ2n) is 6.12. The van der Waals surface area contributed by atoms with E-state index in [1.807, 2.05) is 35.2 Å². The molecule has 0 fully saturated rings.